The van der Waals surface area contributed by atoms with E-state index in [1.54, 1.807) is 0 Å². The van der Waals surface area contributed by atoms with E-state index in [1.807, 2.05) is 30.3 Å². The standard InChI is InChI=1S/C22H21N3O7/c1-22(20(27)23-16-10-9-15(25(29)30)12-18(16)32-22)21(28)24-11-5-8-17(24)19(26)31-13-14-6-3-2-4-7-14/h2-4,6-7,9-10,12,17H,5,8,11,13H2,1H3,(H,23,27)/t17-,22-/m0/s1. The molecule has 32 heavy (non-hydrogen) atoms. The molecule has 0 aromatic heterocycles. The SMILES string of the molecule is C[C@]1(C(=O)N2CCC[C@H]2C(=O)OCc2ccccc2)Oc2cc([N+](=O)[O-])ccc2NC1=O. The van der Waals surface area contributed by atoms with Crippen LogP contribution in [-0.4, -0.2) is 45.8 Å². The number of esters is 1. The van der Waals surface area contributed by atoms with Crippen LogP contribution in [0.1, 0.15) is 25.3 Å². The van der Waals surface area contributed by atoms with Gasteiger partial charge in [-0.2, -0.15) is 0 Å². The minimum absolute atomic E-state index is 0.0112. The van der Waals surface area contributed by atoms with Gasteiger partial charge in [-0.1, -0.05) is 30.3 Å². The molecule has 166 valence electrons. The summed E-state index contributed by atoms with van der Waals surface area (Å²) in [4.78, 5) is 50.5. The lowest BCUT2D eigenvalue weighted by atomic mass is 10.00. The third-order valence-corrected chi connectivity index (χ3v) is 5.59. The average molecular weight is 439 g/mol. The van der Waals surface area contributed by atoms with Crippen LogP contribution in [0.3, 0.4) is 0 Å². The van der Waals surface area contributed by atoms with E-state index >= 15 is 0 Å². The summed E-state index contributed by atoms with van der Waals surface area (Å²) >= 11 is 0. The number of hydrogen-bond donors (Lipinski definition) is 1. The monoisotopic (exact) mass is 439 g/mol. The van der Waals surface area contributed by atoms with E-state index in [4.69, 9.17) is 9.47 Å². The predicted octanol–water partition coefficient (Wildman–Crippen LogP) is 2.42. The average Bonchev–Trinajstić information content (AvgIpc) is 3.28. The van der Waals surface area contributed by atoms with Gasteiger partial charge in [0, 0.05) is 12.6 Å². The summed E-state index contributed by atoms with van der Waals surface area (Å²) in [7, 11) is 0. The smallest absolute Gasteiger partial charge is 0.329 e. The molecule has 0 saturated carbocycles. The Morgan fingerprint density at radius 3 is 2.75 bits per heavy atom. The molecule has 0 aliphatic carbocycles. The van der Waals surface area contributed by atoms with Crippen LogP contribution >= 0.6 is 0 Å². The normalized spacial score (nSPS) is 21.8. The quantitative estimate of drug-likeness (QED) is 0.328. The van der Waals surface area contributed by atoms with Crippen LogP contribution in [0.5, 0.6) is 5.75 Å². The van der Waals surface area contributed by atoms with Crippen LogP contribution in [0, 0.1) is 10.1 Å². The Morgan fingerprint density at radius 1 is 1.28 bits per heavy atom. The Kier molecular flexibility index (Phi) is 5.52. The van der Waals surface area contributed by atoms with Gasteiger partial charge in [0.1, 0.15) is 12.6 Å². The predicted molar refractivity (Wildman–Crippen MR) is 112 cm³/mol. The van der Waals surface area contributed by atoms with Gasteiger partial charge < -0.3 is 19.7 Å². The van der Waals surface area contributed by atoms with Crippen molar-refractivity contribution in [2.75, 3.05) is 11.9 Å². The Labute approximate surface area is 183 Å². The number of rotatable bonds is 5. The third kappa shape index (κ3) is 3.86. The molecule has 0 bridgehead atoms. The molecule has 0 unspecified atom stereocenters. The molecule has 10 heteroatoms. The van der Waals surface area contributed by atoms with Crippen molar-refractivity contribution in [3.63, 3.8) is 0 Å². The molecule has 1 saturated heterocycles. The number of anilines is 1. The fraction of sp³-hybridized carbons (Fsp3) is 0.318. The van der Waals surface area contributed by atoms with Gasteiger partial charge in [0.25, 0.3) is 23.1 Å². The number of nitrogens with zero attached hydrogens (tertiary/aromatic N) is 2. The van der Waals surface area contributed by atoms with Gasteiger partial charge in [0.15, 0.2) is 5.75 Å². The van der Waals surface area contributed by atoms with Gasteiger partial charge in [0.2, 0.25) is 0 Å². The van der Waals surface area contributed by atoms with Gasteiger partial charge in [-0.15, -0.1) is 0 Å². The lowest BCUT2D eigenvalue weighted by Gasteiger charge is -2.37. The fourth-order valence-electron chi connectivity index (χ4n) is 3.81. The second-order valence-electron chi connectivity index (χ2n) is 7.78. The first-order valence-corrected chi connectivity index (χ1v) is 10.1. The van der Waals surface area contributed by atoms with Gasteiger partial charge in [-0.25, -0.2) is 4.79 Å². The second kappa shape index (κ2) is 8.29. The van der Waals surface area contributed by atoms with E-state index in [-0.39, 0.29) is 30.3 Å². The summed E-state index contributed by atoms with van der Waals surface area (Å²) < 4.78 is 11.1. The van der Waals surface area contributed by atoms with Crippen LogP contribution in [0.25, 0.3) is 0 Å². The highest BCUT2D eigenvalue weighted by molar-refractivity contribution is 6.16. The molecular formula is C22H21N3O7. The van der Waals surface area contributed by atoms with Crippen LogP contribution in [0.4, 0.5) is 11.4 Å². The summed E-state index contributed by atoms with van der Waals surface area (Å²) in [5.41, 5.74) is -1.17. The van der Waals surface area contributed by atoms with E-state index in [9.17, 15) is 24.5 Å². The van der Waals surface area contributed by atoms with Crippen LogP contribution in [-0.2, 0) is 25.7 Å². The molecule has 1 N–H and O–H groups in total. The number of carbonyl (C=O) groups is 3. The molecule has 2 atom stereocenters. The number of non-ortho nitro benzene ring substituents is 1. The maximum atomic E-state index is 13.3. The number of ether oxygens (including phenoxy) is 2. The van der Waals surface area contributed by atoms with Crippen LogP contribution in [0.15, 0.2) is 48.5 Å². The largest absolute Gasteiger partial charge is 0.465 e. The molecule has 10 nitrogen and oxygen atoms in total. The molecule has 2 aliphatic heterocycles. The lowest BCUT2D eigenvalue weighted by Crippen LogP contribution is -2.61. The van der Waals surface area contributed by atoms with Crippen LogP contribution < -0.4 is 10.1 Å². The Hall–Kier alpha value is -3.95. The first kappa shape index (κ1) is 21.3. The van der Waals surface area contributed by atoms with Gasteiger partial charge in [0.05, 0.1) is 16.7 Å². The Balaban J connectivity index is 1.51. The minimum Gasteiger partial charge on any atom is -0.465 e. The molecule has 0 spiro atoms. The van der Waals surface area contributed by atoms with Crippen molar-refractivity contribution in [2.45, 2.75) is 38.0 Å². The first-order chi connectivity index (χ1) is 15.3. The zero-order chi connectivity index (χ0) is 22.9. The maximum absolute atomic E-state index is 13.3. The Bertz CT molecular complexity index is 1090. The number of hydrogen-bond acceptors (Lipinski definition) is 7. The number of carbonyl (C=O) groups excluding carboxylic acids is 3. The number of amides is 2. The van der Waals surface area contributed by atoms with E-state index in [2.05, 4.69) is 5.32 Å². The first-order valence-electron chi connectivity index (χ1n) is 10.1. The van der Waals surface area contributed by atoms with Crippen molar-refractivity contribution >= 4 is 29.2 Å². The van der Waals surface area contributed by atoms with Gasteiger partial charge in [-0.3, -0.25) is 19.7 Å². The summed E-state index contributed by atoms with van der Waals surface area (Å²) in [5.74, 6) is -1.97. The van der Waals surface area contributed by atoms with E-state index in [0.29, 0.717) is 12.8 Å². The number of nitro benzene ring substituents is 1. The molecule has 1 fully saturated rings. The molecular weight excluding hydrogens is 418 g/mol. The lowest BCUT2D eigenvalue weighted by molar-refractivity contribution is -0.385. The topological polar surface area (TPSA) is 128 Å². The van der Waals surface area contributed by atoms with Crippen molar-refractivity contribution in [3.05, 3.63) is 64.2 Å². The summed E-state index contributed by atoms with van der Waals surface area (Å²) in [6.07, 6.45) is 0.968. The molecule has 2 aromatic carbocycles. The van der Waals surface area contributed by atoms with Gasteiger partial charge in [-0.05, 0) is 31.4 Å². The molecule has 4 rings (SSSR count). The molecule has 2 aliphatic rings. The number of fused-ring (bicyclic) bond motifs is 1. The summed E-state index contributed by atoms with van der Waals surface area (Å²) in [5, 5.41) is 13.6. The summed E-state index contributed by atoms with van der Waals surface area (Å²) in [6, 6.07) is 12.0. The van der Waals surface area contributed by atoms with E-state index in [0.717, 1.165) is 11.6 Å². The van der Waals surface area contributed by atoms with Crippen LogP contribution in [0.2, 0.25) is 0 Å². The number of nitrogens with one attached hydrogen (secondary N) is 1. The number of benzene rings is 2. The second-order valence-corrected chi connectivity index (χ2v) is 7.78. The zero-order valence-electron chi connectivity index (χ0n) is 17.3. The molecule has 2 heterocycles. The van der Waals surface area contributed by atoms with E-state index in [1.165, 1.54) is 24.0 Å². The fourth-order valence-corrected chi connectivity index (χ4v) is 3.81. The Morgan fingerprint density at radius 2 is 2.03 bits per heavy atom. The molecule has 2 aromatic rings. The highest BCUT2D eigenvalue weighted by atomic mass is 16.6. The van der Waals surface area contributed by atoms with Crippen molar-refractivity contribution in [1.29, 1.82) is 0 Å². The third-order valence-electron chi connectivity index (χ3n) is 5.59. The van der Waals surface area contributed by atoms with Crippen molar-refractivity contribution in [1.82, 2.24) is 4.90 Å². The highest BCUT2D eigenvalue weighted by Crippen LogP contribution is 2.38. The summed E-state index contributed by atoms with van der Waals surface area (Å²) in [6.45, 7) is 1.62. The minimum atomic E-state index is -1.98. The highest BCUT2D eigenvalue weighted by Gasteiger charge is 2.52. The van der Waals surface area contributed by atoms with Gasteiger partial charge >= 0.3 is 5.97 Å². The van der Waals surface area contributed by atoms with Crippen molar-refractivity contribution in [3.8, 4) is 5.75 Å². The zero-order valence-corrected chi connectivity index (χ0v) is 17.3. The number of likely N-dealkylation sites (tertiary alicyclic amines) is 1. The van der Waals surface area contributed by atoms with E-state index < -0.39 is 34.3 Å². The van der Waals surface area contributed by atoms with Crippen molar-refractivity contribution < 1.29 is 28.8 Å². The molecule has 0 radical (unpaired) electrons. The number of nitro groups is 1. The maximum Gasteiger partial charge on any atom is 0.329 e. The molecule has 2 amide bonds. The van der Waals surface area contributed by atoms with Crippen molar-refractivity contribution in [2.24, 2.45) is 0 Å².